The Balaban J connectivity index is 0.000000149. The number of hydrogen-bond donors (Lipinski definition) is 0. The number of halogens is 2. The number of amides is 2. The second kappa shape index (κ2) is 18.1. The summed E-state index contributed by atoms with van der Waals surface area (Å²) < 4.78 is 50.5. The summed E-state index contributed by atoms with van der Waals surface area (Å²) in [6.45, 7) is 11.5. The molecular formula is C52H66F2N8O6. The minimum atomic E-state index is -1.52. The van der Waals surface area contributed by atoms with Gasteiger partial charge in [-0.2, -0.15) is 9.97 Å². The van der Waals surface area contributed by atoms with Gasteiger partial charge in [0.15, 0.2) is 24.6 Å². The molecule has 4 saturated carbocycles. The van der Waals surface area contributed by atoms with E-state index in [2.05, 4.69) is 54.3 Å². The van der Waals surface area contributed by atoms with Crippen molar-refractivity contribution in [2.24, 2.45) is 10.8 Å². The number of piperidine rings is 2. The Bertz CT molecular complexity index is 2280. The van der Waals surface area contributed by atoms with E-state index in [0.717, 1.165) is 115 Å². The summed E-state index contributed by atoms with van der Waals surface area (Å²) in [6.07, 6.45) is 13.1. The van der Waals surface area contributed by atoms with Gasteiger partial charge in [-0.05, 0) is 151 Å². The Morgan fingerprint density at radius 1 is 0.588 bits per heavy atom. The van der Waals surface area contributed by atoms with Gasteiger partial charge in [0, 0.05) is 62.9 Å². The standard InChI is InChI=1S/2C26H33FN4O3/c2*1-18-28-23(29-34-18)15-33-22-5-3-2-4-21(22)19-7-12-30(13-8-19)20-6-9-25(14-20)16-31(17-25)24(32)26(27)10-11-26/h2*2-5,19-20H,6-17H2,1H3/t2*20-/m10/s1. The minimum absolute atomic E-state index is 0.233. The maximum absolute atomic E-state index is 14.1. The summed E-state index contributed by atoms with van der Waals surface area (Å²) in [4.78, 5) is 41.9. The Kier molecular flexibility index (Phi) is 12.1. The lowest BCUT2D eigenvalue weighted by molar-refractivity contribution is -0.151. The molecule has 4 aliphatic heterocycles. The van der Waals surface area contributed by atoms with Crippen LogP contribution in [0.1, 0.15) is 136 Å². The van der Waals surface area contributed by atoms with E-state index in [1.807, 2.05) is 24.3 Å². The van der Waals surface area contributed by atoms with Gasteiger partial charge in [0.05, 0.1) is 0 Å². The van der Waals surface area contributed by atoms with Crippen molar-refractivity contribution >= 4 is 11.8 Å². The van der Waals surface area contributed by atoms with Crippen LogP contribution < -0.4 is 9.47 Å². The maximum atomic E-state index is 14.1. The van der Waals surface area contributed by atoms with Crippen LogP contribution in [-0.4, -0.2) is 127 Å². The van der Waals surface area contributed by atoms with Crippen molar-refractivity contribution < 1.29 is 36.9 Å². The van der Waals surface area contributed by atoms with E-state index in [1.165, 1.54) is 24.0 Å². The van der Waals surface area contributed by atoms with E-state index in [1.54, 1.807) is 23.6 Å². The van der Waals surface area contributed by atoms with Gasteiger partial charge in [-0.1, -0.05) is 46.7 Å². The number of alkyl halides is 2. The molecule has 6 heterocycles. The summed E-state index contributed by atoms with van der Waals surface area (Å²) in [5.74, 6) is 4.48. The molecule has 2 atom stereocenters. The van der Waals surface area contributed by atoms with Crippen molar-refractivity contribution in [2.75, 3.05) is 52.4 Å². The van der Waals surface area contributed by atoms with Crippen molar-refractivity contribution in [2.45, 2.75) is 152 Å². The lowest BCUT2D eigenvalue weighted by Gasteiger charge is -2.49. The first-order valence-corrected chi connectivity index (χ1v) is 25.3. The van der Waals surface area contributed by atoms with Crippen LogP contribution in [0.5, 0.6) is 11.5 Å². The maximum Gasteiger partial charge on any atom is 0.260 e. The number of hydrogen-bond acceptors (Lipinski definition) is 12. The number of aryl methyl sites for hydroxylation is 2. The van der Waals surface area contributed by atoms with Gasteiger partial charge in [0.1, 0.15) is 11.5 Å². The molecule has 14 nitrogen and oxygen atoms in total. The first-order chi connectivity index (χ1) is 32.9. The molecule has 4 aromatic rings. The molecule has 0 N–H and O–H groups in total. The fourth-order valence-electron chi connectivity index (χ4n) is 12.7. The smallest absolute Gasteiger partial charge is 0.260 e. The predicted molar refractivity (Wildman–Crippen MR) is 246 cm³/mol. The molecular weight excluding hydrogens is 871 g/mol. The van der Waals surface area contributed by atoms with Crippen LogP contribution in [0.25, 0.3) is 0 Å². The lowest BCUT2D eigenvalue weighted by Crippen LogP contribution is -2.60. The molecule has 4 aliphatic carbocycles. The molecule has 2 spiro atoms. The summed E-state index contributed by atoms with van der Waals surface area (Å²) >= 11 is 0. The molecule has 68 heavy (non-hydrogen) atoms. The number of para-hydroxylation sites is 2. The number of likely N-dealkylation sites (tertiary alicyclic amines) is 4. The average molecular weight is 937 g/mol. The SMILES string of the molecule is Cc1nc(COc2ccccc2C2CCN([C@@H]3CCC4(C3)CN(C(=O)C3(F)CC3)C4)CC2)no1.Cc1nc(COc2ccccc2C2CCN([C@H]3CCC4(C3)CN(C(=O)C3(F)CC3)C4)CC2)no1. The van der Waals surface area contributed by atoms with Crippen LogP contribution >= 0.6 is 0 Å². The first kappa shape index (κ1) is 45.5. The highest BCUT2D eigenvalue weighted by Gasteiger charge is 2.60. The largest absolute Gasteiger partial charge is 0.485 e. The van der Waals surface area contributed by atoms with Crippen molar-refractivity contribution in [3.8, 4) is 11.5 Å². The number of aromatic nitrogens is 4. The number of rotatable bonds is 12. The Morgan fingerprint density at radius 3 is 1.32 bits per heavy atom. The molecule has 364 valence electrons. The molecule has 4 saturated heterocycles. The zero-order chi connectivity index (χ0) is 46.7. The summed E-state index contributed by atoms with van der Waals surface area (Å²) in [6, 6.07) is 17.8. The van der Waals surface area contributed by atoms with E-state index in [0.29, 0.717) is 86.2 Å². The van der Waals surface area contributed by atoms with Crippen molar-refractivity contribution in [3.05, 3.63) is 83.1 Å². The van der Waals surface area contributed by atoms with Crippen LogP contribution in [0, 0.1) is 24.7 Å². The van der Waals surface area contributed by atoms with E-state index in [9.17, 15) is 18.4 Å². The quantitative estimate of drug-likeness (QED) is 0.136. The number of nitrogens with zero attached hydrogens (tertiary/aromatic N) is 8. The molecule has 2 aromatic heterocycles. The minimum Gasteiger partial charge on any atom is -0.485 e. The average Bonchev–Trinajstić information content (AvgIpc) is 3.89. The zero-order valence-corrected chi connectivity index (χ0v) is 39.7. The van der Waals surface area contributed by atoms with Crippen LogP contribution in [0.2, 0.25) is 0 Å². The molecule has 12 rings (SSSR count). The Hall–Kier alpha value is -4.96. The van der Waals surface area contributed by atoms with Gasteiger partial charge < -0.3 is 38.1 Å². The first-order valence-electron chi connectivity index (χ1n) is 25.3. The fraction of sp³-hybridized carbons (Fsp3) is 0.654. The summed E-state index contributed by atoms with van der Waals surface area (Å²) in [7, 11) is 0. The highest BCUT2D eigenvalue weighted by atomic mass is 19.1. The third kappa shape index (κ3) is 9.39. The molecule has 2 aromatic carbocycles. The normalized spacial score (nSPS) is 25.9. The monoisotopic (exact) mass is 937 g/mol. The third-order valence-electron chi connectivity index (χ3n) is 16.8. The molecule has 8 fully saturated rings. The summed E-state index contributed by atoms with van der Waals surface area (Å²) in [5.41, 5.74) is -0.0534. The molecule has 8 aliphatic rings. The van der Waals surface area contributed by atoms with Crippen LogP contribution in [0.3, 0.4) is 0 Å². The fourth-order valence-corrected chi connectivity index (χ4v) is 12.7. The second-order valence-corrected chi connectivity index (χ2v) is 21.8. The van der Waals surface area contributed by atoms with Gasteiger partial charge in [0.25, 0.3) is 11.8 Å². The third-order valence-corrected chi connectivity index (χ3v) is 16.8. The van der Waals surface area contributed by atoms with Crippen LogP contribution in [-0.2, 0) is 22.8 Å². The van der Waals surface area contributed by atoms with E-state index in [-0.39, 0.29) is 22.6 Å². The van der Waals surface area contributed by atoms with Crippen LogP contribution in [0.4, 0.5) is 8.78 Å². The number of ether oxygens (including phenoxy) is 2. The van der Waals surface area contributed by atoms with Gasteiger partial charge in [0.2, 0.25) is 23.4 Å². The molecule has 0 radical (unpaired) electrons. The predicted octanol–water partition coefficient (Wildman–Crippen LogP) is 8.04. The number of benzene rings is 2. The van der Waals surface area contributed by atoms with E-state index < -0.39 is 11.3 Å². The van der Waals surface area contributed by atoms with Gasteiger partial charge in [-0.15, -0.1) is 0 Å². The zero-order valence-electron chi connectivity index (χ0n) is 39.7. The van der Waals surface area contributed by atoms with Crippen molar-refractivity contribution in [1.82, 2.24) is 39.9 Å². The number of carbonyl (C=O) groups excluding carboxylic acids is 2. The summed E-state index contributed by atoms with van der Waals surface area (Å²) in [5, 5.41) is 7.84. The van der Waals surface area contributed by atoms with E-state index in [4.69, 9.17) is 18.5 Å². The lowest BCUT2D eigenvalue weighted by atomic mass is 9.77. The van der Waals surface area contributed by atoms with Gasteiger partial charge >= 0.3 is 0 Å². The van der Waals surface area contributed by atoms with Crippen molar-refractivity contribution in [3.63, 3.8) is 0 Å². The number of carbonyl (C=O) groups is 2. The topological polar surface area (TPSA) is 143 Å². The molecule has 0 unspecified atom stereocenters. The molecule has 16 heteroatoms. The van der Waals surface area contributed by atoms with Crippen molar-refractivity contribution in [1.29, 1.82) is 0 Å². The molecule has 2 amide bonds. The Morgan fingerprint density at radius 2 is 0.971 bits per heavy atom. The highest BCUT2D eigenvalue weighted by molar-refractivity contribution is 5.89. The Labute approximate surface area is 397 Å². The second-order valence-electron chi connectivity index (χ2n) is 21.8. The highest BCUT2D eigenvalue weighted by Crippen LogP contribution is 2.53. The van der Waals surface area contributed by atoms with E-state index >= 15 is 0 Å². The van der Waals surface area contributed by atoms with Crippen LogP contribution in [0.15, 0.2) is 57.6 Å². The van der Waals surface area contributed by atoms with Gasteiger partial charge in [-0.25, -0.2) is 8.78 Å². The van der Waals surface area contributed by atoms with Gasteiger partial charge in [-0.3, -0.25) is 9.59 Å². The molecule has 0 bridgehead atoms.